The summed E-state index contributed by atoms with van der Waals surface area (Å²) in [7, 11) is 0. The van der Waals surface area contributed by atoms with Crippen LogP contribution in [-0.2, 0) is 9.59 Å². The van der Waals surface area contributed by atoms with Crippen molar-refractivity contribution in [3.05, 3.63) is 23.4 Å². The van der Waals surface area contributed by atoms with Crippen LogP contribution in [0.1, 0.15) is 33.1 Å². The molecule has 0 radical (unpaired) electrons. The number of hydrogen-bond acceptors (Lipinski definition) is 3. The van der Waals surface area contributed by atoms with Crippen molar-refractivity contribution < 1.29 is 22.7 Å². The van der Waals surface area contributed by atoms with Gasteiger partial charge in [-0.15, -0.1) is 0 Å². The summed E-state index contributed by atoms with van der Waals surface area (Å²) in [5.41, 5.74) is 2.39. The molecule has 2 unspecified atom stereocenters. The number of amides is 1. The highest BCUT2D eigenvalue weighted by atomic mass is 19.2. The average Bonchev–Trinajstić information content (AvgIpc) is 2.99. The normalized spacial score (nSPS) is 28.9. The second-order valence-electron chi connectivity index (χ2n) is 6.44. The summed E-state index contributed by atoms with van der Waals surface area (Å²) < 4.78 is 31.4. The predicted molar refractivity (Wildman–Crippen MR) is 83.1 cm³/mol. The molecule has 1 amide bonds. The minimum absolute atomic E-state index is 0.0664. The number of fused-ring (bicyclic) bond motifs is 2. The second kappa shape index (κ2) is 5.67. The van der Waals surface area contributed by atoms with Gasteiger partial charge in [0.25, 0.3) is 0 Å². The van der Waals surface area contributed by atoms with Crippen LogP contribution >= 0.6 is 0 Å². The molecule has 0 aromatic carbocycles. The fourth-order valence-corrected chi connectivity index (χ4v) is 3.99. The first-order valence-corrected chi connectivity index (χ1v) is 7.85. The summed E-state index contributed by atoms with van der Waals surface area (Å²) in [5, 5.41) is 2.41. The van der Waals surface area contributed by atoms with Crippen molar-refractivity contribution in [1.29, 1.82) is 0 Å². The van der Waals surface area contributed by atoms with Gasteiger partial charge in [-0.2, -0.15) is 0 Å². The molecule has 0 aromatic heterocycles. The van der Waals surface area contributed by atoms with Crippen LogP contribution in [0.25, 0.3) is 0 Å². The van der Waals surface area contributed by atoms with Gasteiger partial charge in [-0.3, -0.25) is 4.79 Å². The Morgan fingerprint density at radius 3 is 2.91 bits per heavy atom. The number of rotatable bonds is 4. The summed E-state index contributed by atoms with van der Waals surface area (Å²) >= 11 is 0. The summed E-state index contributed by atoms with van der Waals surface area (Å²) in [6.45, 7) is -0.368. The Morgan fingerprint density at radius 1 is 1.48 bits per heavy atom. The Bertz CT molecular complexity index is 657. The van der Waals surface area contributed by atoms with Crippen LogP contribution < -0.4 is 5.32 Å². The minimum atomic E-state index is -3.92. The van der Waals surface area contributed by atoms with E-state index in [4.69, 9.17) is 0 Å². The van der Waals surface area contributed by atoms with Crippen LogP contribution in [0.15, 0.2) is 23.4 Å². The first kappa shape index (κ1) is 16.0. The number of halogens is 2. The van der Waals surface area contributed by atoms with Crippen molar-refractivity contribution in [3.8, 4) is 0 Å². The Morgan fingerprint density at radius 2 is 2.22 bits per heavy atom. The van der Waals surface area contributed by atoms with Crippen LogP contribution in [-0.4, -0.2) is 52.8 Å². The molecule has 1 fully saturated rings. The van der Waals surface area contributed by atoms with E-state index in [9.17, 15) is 9.59 Å². The highest BCUT2D eigenvalue weighted by Crippen LogP contribution is 2.41. The molecule has 0 aliphatic carbocycles. The van der Waals surface area contributed by atoms with Gasteiger partial charge < -0.3 is 28.0 Å². The Kier molecular flexibility index (Phi) is 3.95. The Balaban J connectivity index is 1.85. The van der Waals surface area contributed by atoms with Crippen molar-refractivity contribution in [2.24, 2.45) is 0 Å². The zero-order valence-corrected chi connectivity index (χ0v) is 13.3. The molecule has 1 N–H and O–H groups in total. The van der Waals surface area contributed by atoms with Gasteiger partial charge in [-0.05, 0) is 12.5 Å². The van der Waals surface area contributed by atoms with Crippen LogP contribution in [0.5, 0.6) is 0 Å². The smallest absolute Gasteiger partial charge is 0.396 e. The minimum Gasteiger partial charge on any atom is -0.396 e. The topological polar surface area (TPSA) is 52.4 Å². The summed E-state index contributed by atoms with van der Waals surface area (Å²) in [6.07, 6.45) is 5.11. The van der Waals surface area contributed by atoms with E-state index >= 15 is 8.63 Å². The van der Waals surface area contributed by atoms with Gasteiger partial charge in [0.2, 0.25) is 5.91 Å². The number of allylic oxidation sites excluding steroid dienone is 1. The molecule has 3 aliphatic rings. The molecule has 0 spiro atoms. The molecular formula is C15H20BF2N3O2. The highest BCUT2D eigenvalue weighted by molar-refractivity contribution is 6.56. The zero-order valence-electron chi connectivity index (χ0n) is 13.3. The van der Waals surface area contributed by atoms with Crippen molar-refractivity contribution in [1.82, 2.24) is 10.1 Å². The molecule has 0 saturated carbocycles. The van der Waals surface area contributed by atoms with Crippen LogP contribution in [0.4, 0.5) is 8.63 Å². The van der Waals surface area contributed by atoms with Crippen molar-refractivity contribution in [3.63, 3.8) is 0 Å². The molecule has 3 heterocycles. The van der Waals surface area contributed by atoms with Crippen molar-refractivity contribution >= 4 is 24.9 Å². The SMILES string of the molecule is CC1=C2CC3C=CC(CC(=O)NCC=O)N3[B-](F)(F)[N+]2=C(C)C1. The maximum Gasteiger partial charge on any atom is 0.703 e. The molecular weight excluding hydrogens is 303 g/mol. The lowest BCUT2D eigenvalue weighted by molar-refractivity contribution is -0.393. The van der Waals surface area contributed by atoms with E-state index < -0.39 is 18.9 Å². The number of hydrogen-bond donors (Lipinski definition) is 1. The van der Waals surface area contributed by atoms with E-state index in [0.717, 1.165) is 11.3 Å². The standard InChI is InChI=1S/C15H20BF2N3O2/c1-10-7-11(2)20-14(10)8-12-3-4-13(21(12)16(20,17)18)9-15(23)19-5-6-22/h3-4,6,12-13H,5,7-9H2,1-2H3,(H,19,23). The molecule has 3 aliphatic heterocycles. The lowest BCUT2D eigenvalue weighted by Gasteiger charge is -2.44. The maximum absolute atomic E-state index is 15.1. The van der Waals surface area contributed by atoms with Crippen LogP contribution in [0.3, 0.4) is 0 Å². The number of nitrogens with one attached hydrogen (secondary N) is 1. The van der Waals surface area contributed by atoms with Gasteiger partial charge >= 0.3 is 6.97 Å². The highest BCUT2D eigenvalue weighted by Gasteiger charge is 2.60. The third kappa shape index (κ3) is 2.54. The average molecular weight is 323 g/mol. The van der Waals surface area contributed by atoms with E-state index in [1.165, 1.54) is 9.30 Å². The summed E-state index contributed by atoms with van der Waals surface area (Å²) in [5.74, 6) is -0.390. The maximum atomic E-state index is 15.1. The molecule has 23 heavy (non-hydrogen) atoms. The van der Waals surface area contributed by atoms with Crippen molar-refractivity contribution in [2.75, 3.05) is 6.54 Å². The third-order valence-electron chi connectivity index (χ3n) is 4.89. The Hall–Kier alpha value is -1.83. The van der Waals surface area contributed by atoms with E-state index in [1.807, 2.05) is 6.92 Å². The molecule has 2 atom stereocenters. The first-order chi connectivity index (χ1) is 10.9. The van der Waals surface area contributed by atoms with Crippen LogP contribution in [0.2, 0.25) is 0 Å². The largest absolute Gasteiger partial charge is 0.703 e. The predicted octanol–water partition coefficient (Wildman–Crippen LogP) is 1.23. The number of carbonyl (C=O) groups is 2. The third-order valence-corrected chi connectivity index (χ3v) is 4.89. The molecule has 3 rings (SSSR count). The lowest BCUT2D eigenvalue weighted by atomic mass is 9.82. The molecule has 124 valence electrons. The van der Waals surface area contributed by atoms with Gasteiger partial charge in [-0.1, -0.05) is 12.2 Å². The quantitative estimate of drug-likeness (QED) is 0.481. The van der Waals surface area contributed by atoms with E-state index in [-0.39, 0.29) is 19.0 Å². The van der Waals surface area contributed by atoms with Gasteiger partial charge in [0.05, 0.1) is 6.54 Å². The molecule has 1 saturated heterocycles. The fraction of sp³-hybridized carbons (Fsp3) is 0.533. The van der Waals surface area contributed by atoms with Gasteiger partial charge in [0.15, 0.2) is 0 Å². The number of nitrogens with zero attached hydrogens (tertiary/aromatic N) is 2. The van der Waals surface area contributed by atoms with E-state index in [0.29, 0.717) is 24.8 Å². The second-order valence-corrected chi connectivity index (χ2v) is 6.44. The van der Waals surface area contributed by atoms with Crippen molar-refractivity contribution in [2.45, 2.75) is 45.2 Å². The van der Waals surface area contributed by atoms with E-state index in [1.54, 1.807) is 19.1 Å². The number of carbonyl (C=O) groups excluding carboxylic acids is 2. The van der Waals surface area contributed by atoms with Gasteiger partial charge in [-0.25, -0.2) is 0 Å². The lowest BCUT2D eigenvalue weighted by Crippen LogP contribution is -2.64. The van der Waals surface area contributed by atoms with E-state index in [2.05, 4.69) is 5.32 Å². The fourth-order valence-electron chi connectivity index (χ4n) is 3.99. The number of aldehydes is 1. The molecule has 8 heteroatoms. The Labute approximate surface area is 133 Å². The zero-order chi connectivity index (χ0) is 16.8. The molecule has 5 nitrogen and oxygen atoms in total. The summed E-state index contributed by atoms with van der Waals surface area (Å²) in [6, 6.07) is -1.02. The first-order valence-electron chi connectivity index (χ1n) is 7.85. The monoisotopic (exact) mass is 323 g/mol. The molecule has 0 bridgehead atoms. The van der Waals surface area contributed by atoms with Gasteiger partial charge in [0, 0.05) is 38.3 Å². The summed E-state index contributed by atoms with van der Waals surface area (Å²) in [4.78, 5) is 23.3. The van der Waals surface area contributed by atoms with Crippen LogP contribution in [0, 0.1) is 0 Å². The molecule has 0 aromatic rings. The van der Waals surface area contributed by atoms with Gasteiger partial charge in [0.1, 0.15) is 17.7 Å².